The molecule has 1 rings (SSSR count). The molecular weight excluding hydrogens is 347 g/mol. The molecule has 0 saturated carbocycles. The van der Waals surface area contributed by atoms with Gasteiger partial charge < -0.3 is 5.11 Å². The first-order valence-electron chi connectivity index (χ1n) is 3.25. The summed E-state index contributed by atoms with van der Waals surface area (Å²) in [5.74, 6) is -0.922. The van der Waals surface area contributed by atoms with E-state index in [2.05, 4.69) is 0 Å². The largest absolute Gasteiger partial charge is 0.478 e. The Bertz CT molecular complexity index is 267. The molecule has 0 spiro atoms. The molecule has 0 aliphatic heterocycles. The van der Waals surface area contributed by atoms with E-state index in [1.54, 1.807) is 6.08 Å². The van der Waals surface area contributed by atoms with Gasteiger partial charge in [0.2, 0.25) is 0 Å². The van der Waals surface area contributed by atoms with Gasteiger partial charge in [-0.1, -0.05) is 30.3 Å². The van der Waals surface area contributed by atoms with Crippen LogP contribution < -0.4 is 0 Å². The van der Waals surface area contributed by atoms with Gasteiger partial charge in [-0.15, -0.1) is 0 Å². The zero-order chi connectivity index (χ0) is 8.10. The zero-order valence-electron chi connectivity index (χ0n) is 6.40. The van der Waals surface area contributed by atoms with Gasteiger partial charge in [0.15, 0.2) is 0 Å². The second kappa shape index (κ2) is 5.93. The molecule has 1 aromatic carbocycles. The molecule has 0 aliphatic carbocycles. The fourth-order valence-corrected chi connectivity index (χ4v) is 0.732. The van der Waals surface area contributed by atoms with Gasteiger partial charge in [0, 0.05) is 33.4 Å². The van der Waals surface area contributed by atoms with E-state index in [0.29, 0.717) is 0 Å². The van der Waals surface area contributed by atoms with E-state index in [1.807, 2.05) is 30.3 Å². The zero-order valence-corrected chi connectivity index (χ0v) is 10.3. The van der Waals surface area contributed by atoms with E-state index in [0.717, 1.165) is 11.6 Å². The molecule has 0 bridgehead atoms. The second-order valence-corrected chi connectivity index (χ2v) is 2.08. The fourth-order valence-electron chi connectivity index (χ4n) is 0.732. The molecule has 0 amide bonds. The molecule has 4 radical (unpaired) electrons. The molecular formula is C9H8O2Pb. The molecule has 0 aromatic heterocycles. The van der Waals surface area contributed by atoms with E-state index in [-0.39, 0.29) is 27.3 Å². The molecule has 1 N–H and O–H groups in total. The maximum Gasteiger partial charge on any atom is 0.328 e. The normalized spacial score (nSPS) is 9.33. The fraction of sp³-hybridized carbons (Fsp3) is 0. The number of carboxylic acids is 1. The molecule has 0 unspecified atom stereocenters. The SMILES string of the molecule is O=C(O)C=Cc1ccccc1.[Pb]. The Morgan fingerprint density at radius 1 is 1.25 bits per heavy atom. The van der Waals surface area contributed by atoms with Crippen LogP contribution in [-0.4, -0.2) is 38.4 Å². The van der Waals surface area contributed by atoms with E-state index in [9.17, 15) is 4.79 Å². The molecule has 0 fully saturated rings. The Labute approximate surface area is 91.1 Å². The summed E-state index contributed by atoms with van der Waals surface area (Å²) < 4.78 is 0. The van der Waals surface area contributed by atoms with Gasteiger partial charge >= 0.3 is 5.97 Å². The van der Waals surface area contributed by atoms with Gasteiger partial charge in [0.25, 0.3) is 0 Å². The van der Waals surface area contributed by atoms with Crippen LogP contribution in [0, 0.1) is 0 Å². The predicted molar refractivity (Wildman–Crippen MR) is 48.9 cm³/mol. The van der Waals surface area contributed by atoms with Gasteiger partial charge in [0.05, 0.1) is 0 Å². The van der Waals surface area contributed by atoms with Crippen LogP contribution in [0.3, 0.4) is 0 Å². The predicted octanol–water partition coefficient (Wildman–Crippen LogP) is 1.40. The summed E-state index contributed by atoms with van der Waals surface area (Å²) in [6, 6.07) is 9.31. The van der Waals surface area contributed by atoms with Crippen molar-refractivity contribution in [3.8, 4) is 0 Å². The van der Waals surface area contributed by atoms with Crippen molar-refractivity contribution in [1.29, 1.82) is 0 Å². The van der Waals surface area contributed by atoms with E-state index in [4.69, 9.17) is 5.11 Å². The van der Waals surface area contributed by atoms with Crippen molar-refractivity contribution in [3.05, 3.63) is 42.0 Å². The second-order valence-electron chi connectivity index (χ2n) is 2.08. The minimum atomic E-state index is -0.922. The minimum absolute atomic E-state index is 0. The van der Waals surface area contributed by atoms with Crippen molar-refractivity contribution in [2.45, 2.75) is 0 Å². The third-order valence-corrected chi connectivity index (χ3v) is 1.22. The van der Waals surface area contributed by atoms with Crippen molar-refractivity contribution < 1.29 is 9.90 Å². The number of carbonyl (C=O) groups is 1. The van der Waals surface area contributed by atoms with Crippen LogP contribution in [0.2, 0.25) is 0 Å². The maximum absolute atomic E-state index is 10.1. The Kier molecular flexibility index (Phi) is 5.61. The number of benzene rings is 1. The van der Waals surface area contributed by atoms with E-state index >= 15 is 0 Å². The Morgan fingerprint density at radius 2 is 1.83 bits per heavy atom. The van der Waals surface area contributed by atoms with Crippen LogP contribution >= 0.6 is 0 Å². The average molecular weight is 355 g/mol. The molecule has 12 heavy (non-hydrogen) atoms. The third-order valence-electron chi connectivity index (χ3n) is 1.22. The minimum Gasteiger partial charge on any atom is -0.478 e. The molecule has 60 valence electrons. The van der Waals surface area contributed by atoms with E-state index in [1.165, 1.54) is 0 Å². The van der Waals surface area contributed by atoms with Crippen molar-refractivity contribution in [2.24, 2.45) is 0 Å². The molecule has 0 saturated heterocycles. The topological polar surface area (TPSA) is 37.3 Å². The van der Waals surface area contributed by atoms with Gasteiger partial charge in [-0.2, -0.15) is 0 Å². The number of hydrogen-bond acceptors (Lipinski definition) is 1. The van der Waals surface area contributed by atoms with Crippen LogP contribution in [-0.2, 0) is 4.79 Å². The molecule has 0 aliphatic rings. The van der Waals surface area contributed by atoms with Crippen LogP contribution in [0.5, 0.6) is 0 Å². The summed E-state index contributed by atoms with van der Waals surface area (Å²) in [6.07, 6.45) is 2.68. The summed E-state index contributed by atoms with van der Waals surface area (Å²) in [7, 11) is 0. The quantitative estimate of drug-likeness (QED) is 0.643. The summed E-state index contributed by atoms with van der Waals surface area (Å²) in [5, 5.41) is 8.29. The van der Waals surface area contributed by atoms with Gasteiger partial charge in [-0.25, -0.2) is 4.79 Å². The van der Waals surface area contributed by atoms with E-state index < -0.39 is 5.97 Å². The number of rotatable bonds is 2. The van der Waals surface area contributed by atoms with Gasteiger partial charge in [-0.05, 0) is 11.6 Å². The van der Waals surface area contributed by atoms with Crippen LogP contribution in [0.25, 0.3) is 6.08 Å². The molecule has 3 heteroatoms. The average Bonchev–Trinajstić information content (AvgIpc) is 2.03. The molecule has 1 aromatic rings. The van der Waals surface area contributed by atoms with Crippen molar-refractivity contribution in [1.82, 2.24) is 0 Å². The summed E-state index contributed by atoms with van der Waals surface area (Å²) in [6.45, 7) is 0. The standard InChI is InChI=1S/C9H8O2.Pb/c10-9(11)7-6-8-4-2-1-3-5-8;/h1-7H,(H,10,11);. The first-order valence-corrected chi connectivity index (χ1v) is 3.25. The van der Waals surface area contributed by atoms with Crippen molar-refractivity contribution in [3.63, 3.8) is 0 Å². The summed E-state index contributed by atoms with van der Waals surface area (Å²) >= 11 is 0. The molecule has 2 nitrogen and oxygen atoms in total. The number of carboxylic acid groups (broad SMARTS) is 1. The number of aliphatic carboxylic acids is 1. The van der Waals surface area contributed by atoms with Gasteiger partial charge in [-0.3, -0.25) is 0 Å². The molecule has 0 atom stereocenters. The summed E-state index contributed by atoms with van der Waals surface area (Å²) in [5.41, 5.74) is 0.898. The Morgan fingerprint density at radius 3 is 2.33 bits per heavy atom. The van der Waals surface area contributed by atoms with Crippen molar-refractivity contribution in [2.75, 3.05) is 0 Å². The molecule has 0 heterocycles. The van der Waals surface area contributed by atoms with Gasteiger partial charge in [0.1, 0.15) is 0 Å². The first-order chi connectivity index (χ1) is 5.29. The van der Waals surface area contributed by atoms with Crippen LogP contribution in [0.4, 0.5) is 0 Å². The Balaban J connectivity index is 0.00000121. The van der Waals surface area contributed by atoms with Crippen LogP contribution in [0.1, 0.15) is 5.56 Å². The monoisotopic (exact) mass is 356 g/mol. The van der Waals surface area contributed by atoms with Crippen molar-refractivity contribution >= 4 is 39.3 Å². The smallest absolute Gasteiger partial charge is 0.328 e. The first kappa shape index (κ1) is 11.4. The summed E-state index contributed by atoms with van der Waals surface area (Å²) in [4.78, 5) is 10.1. The number of hydrogen-bond donors (Lipinski definition) is 1. The maximum atomic E-state index is 10.1. The third kappa shape index (κ3) is 4.28. The van der Waals surface area contributed by atoms with Crippen LogP contribution in [0.15, 0.2) is 36.4 Å². The Hall–Kier alpha value is -0.648.